The van der Waals surface area contributed by atoms with Crippen molar-refractivity contribution in [1.29, 1.82) is 0 Å². The maximum Gasteiger partial charge on any atom is 0.338 e. The number of nitrogens with one attached hydrogen (secondary N) is 1. The Morgan fingerprint density at radius 3 is 2.21 bits per heavy atom. The van der Waals surface area contributed by atoms with E-state index >= 15 is 0 Å². The summed E-state index contributed by atoms with van der Waals surface area (Å²) in [6, 6.07) is 1.59. The Hall–Kier alpha value is -1.36. The van der Waals surface area contributed by atoms with Gasteiger partial charge in [-0.3, -0.25) is 4.79 Å². The summed E-state index contributed by atoms with van der Waals surface area (Å²) in [5.74, 6) is -1.17. The van der Waals surface area contributed by atoms with Gasteiger partial charge in [-0.25, -0.2) is 4.79 Å². The molecule has 1 saturated carbocycles. The topological polar surface area (TPSA) is 66.4 Å². The van der Waals surface area contributed by atoms with Crippen LogP contribution in [0.3, 0.4) is 0 Å². The number of aromatic carboxylic acids is 1. The molecule has 0 saturated heterocycles. The smallest absolute Gasteiger partial charge is 0.338 e. The molecule has 0 atom stereocenters. The third-order valence-corrected chi connectivity index (χ3v) is 5.57. The number of carboxylic acid groups (broad SMARTS) is 1. The average molecular weight is 281 g/mol. The van der Waals surface area contributed by atoms with Gasteiger partial charge in [0.25, 0.3) is 0 Å². The van der Waals surface area contributed by atoms with Crippen LogP contribution in [0.5, 0.6) is 0 Å². The lowest BCUT2D eigenvalue weighted by molar-refractivity contribution is -0.118. The normalized spacial score (nSPS) is 20.1. The first-order chi connectivity index (χ1) is 8.59. The van der Waals surface area contributed by atoms with Gasteiger partial charge in [-0.1, -0.05) is 27.7 Å². The molecule has 104 valence electrons. The summed E-state index contributed by atoms with van der Waals surface area (Å²) in [6.45, 7) is 10.1. The number of anilines is 1. The third kappa shape index (κ3) is 2.06. The van der Waals surface area contributed by atoms with Gasteiger partial charge in [0.2, 0.25) is 5.91 Å². The largest absolute Gasteiger partial charge is 0.478 e. The highest BCUT2D eigenvalue weighted by Crippen LogP contribution is 2.68. The fraction of sp³-hybridized carbons (Fsp3) is 0.571. The molecule has 1 aromatic rings. The van der Waals surface area contributed by atoms with E-state index in [2.05, 4.69) is 33.0 Å². The van der Waals surface area contributed by atoms with Crippen molar-refractivity contribution in [2.24, 2.45) is 16.7 Å². The standard InChI is InChI=1S/C14H19NO3S/c1-7-6-8(12(17)18)11(19-7)15-10(16)9-13(2,3)14(9,4)5/h6,9H,1-5H3,(H,15,16)(H,17,18). The molecule has 0 radical (unpaired) electrons. The van der Waals surface area contributed by atoms with E-state index in [0.29, 0.717) is 5.00 Å². The second-order valence-electron chi connectivity index (χ2n) is 6.27. The van der Waals surface area contributed by atoms with Crippen molar-refractivity contribution >= 4 is 28.2 Å². The maximum absolute atomic E-state index is 12.3. The first-order valence-corrected chi connectivity index (χ1v) is 7.05. The van der Waals surface area contributed by atoms with Gasteiger partial charge >= 0.3 is 5.97 Å². The number of hydrogen-bond acceptors (Lipinski definition) is 3. The van der Waals surface area contributed by atoms with Crippen LogP contribution in [0.15, 0.2) is 6.07 Å². The summed E-state index contributed by atoms with van der Waals surface area (Å²) in [7, 11) is 0. The van der Waals surface area contributed by atoms with Crippen molar-refractivity contribution in [1.82, 2.24) is 0 Å². The number of hydrogen-bond donors (Lipinski definition) is 2. The number of rotatable bonds is 3. The molecule has 0 unspecified atom stereocenters. The van der Waals surface area contributed by atoms with Crippen LogP contribution < -0.4 is 5.32 Å². The molecular weight excluding hydrogens is 262 g/mol. The first kappa shape index (κ1) is 14.1. The molecule has 1 aliphatic carbocycles. The highest BCUT2D eigenvalue weighted by atomic mass is 32.1. The Kier molecular flexibility index (Phi) is 3.01. The molecule has 1 heterocycles. The van der Waals surface area contributed by atoms with E-state index in [1.54, 1.807) is 6.07 Å². The fourth-order valence-corrected chi connectivity index (χ4v) is 3.71. The van der Waals surface area contributed by atoms with Gasteiger partial charge < -0.3 is 10.4 Å². The SMILES string of the molecule is Cc1cc(C(=O)O)c(NC(=O)C2C(C)(C)C2(C)C)s1. The lowest BCUT2D eigenvalue weighted by atomic mass is 10.0. The highest BCUT2D eigenvalue weighted by molar-refractivity contribution is 7.16. The van der Waals surface area contributed by atoms with Crippen LogP contribution in [0.1, 0.15) is 42.9 Å². The molecule has 19 heavy (non-hydrogen) atoms. The molecule has 2 N–H and O–H groups in total. The fourth-order valence-electron chi connectivity index (χ4n) is 2.80. The molecule has 1 amide bonds. The van der Waals surface area contributed by atoms with Gasteiger partial charge in [0.1, 0.15) is 5.00 Å². The average Bonchev–Trinajstić information content (AvgIpc) is 2.54. The molecule has 0 bridgehead atoms. The van der Waals surface area contributed by atoms with Gasteiger partial charge in [0.05, 0.1) is 5.56 Å². The van der Waals surface area contributed by atoms with Crippen LogP contribution in [-0.2, 0) is 4.79 Å². The van der Waals surface area contributed by atoms with E-state index < -0.39 is 5.97 Å². The number of amides is 1. The molecule has 2 rings (SSSR count). The first-order valence-electron chi connectivity index (χ1n) is 6.23. The van der Waals surface area contributed by atoms with E-state index in [4.69, 9.17) is 5.11 Å². The van der Waals surface area contributed by atoms with Crippen molar-refractivity contribution in [3.63, 3.8) is 0 Å². The summed E-state index contributed by atoms with van der Waals surface area (Å²) in [6.07, 6.45) is 0. The van der Waals surface area contributed by atoms with Crippen LogP contribution >= 0.6 is 11.3 Å². The van der Waals surface area contributed by atoms with Crippen LogP contribution in [0.2, 0.25) is 0 Å². The zero-order valence-electron chi connectivity index (χ0n) is 11.8. The van der Waals surface area contributed by atoms with Crippen molar-refractivity contribution in [3.8, 4) is 0 Å². The van der Waals surface area contributed by atoms with Crippen molar-refractivity contribution in [3.05, 3.63) is 16.5 Å². The van der Waals surface area contributed by atoms with E-state index in [9.17, 15) is 9.59 Å². The molecule has 5 heteroatoms. The molecule has 0 spiro atoms. The third-order valence-electron chi connectivity index (χ3n) is 4.61. The second-order valence-corrected chi connectivity index (χ2v) is 7.53. The molecular formula is C14H19NO3S. The van der Waals surface area contributed by atoms with E-state index in [0.717, 1.165) is 4.88 Å². The Bertz CT molecular complexity index is 543. The van der Waals surface area contributed by atoms with Crippen molar-refractivity contribution in [2.45, 2.75) is 34.6 Å². The minimum Gasteiger partial charge on any atom is -0.478 e. The van der Waals surface area contributed by atoms with Crippen molar-refractivity contribution in [2.75, 3.05) is 5.32 Å². The van der Waals surface area contributed by atoms with Gasteiger partial charge in [-0.15, -0.1) is 11.3 Å². The predicted octanol–water partition coefficient (Wildman–Crippen LogP) is 3.38. The molecule has 0 aromatic carbocycles. The van der Waals surface area contributed by atoms with Gasteiger partial charge in [-0.2, -0.15) is 0 Å². The van der Waals surface area contributed by atoms with E-state index in [-0.39, 0.29) is 28.2 Å². The summed E-state index contributed by atoms with van der Waals surface area (Å²) in [5, 5.41) is 12.3. The maximum atomic E-state index is 12.3. The Balaban J connectivity index is 2.20. The molecule has 1 fully saturated rings. The van der Waals surface area contributed by atoms with E-state index in [1.165, 1.54) is 11.3 Å². The minimum absolute atomic E-state index is 0.0488. The molecule has 0 aliphatic heterocycles. The minimum atomic E-state index is -1.01. The van der Waals surface area contributed by atoms with Gasteiger partial charge in [-0.05, 0) is 23.8 Å². The lowest BCUT2D eigenvalue weighted by Crippen LogP contribution is -2.18. The number of carbonyl (C=O) groups excluding carboxylic acids is 1. The highest BCUT2D eigenvalue weighted by Gasteiger charge is 2.68. The number of thiophene rings is 1. The number of carbonyl (C=O) groups is 2. The predicted molar refractivity (Wildman–Crippen MR) is 75.7 cm³/mol. The second kappa shape index (κ2) is 4.07. The van der Waals surface area contributed by atoms with Crippen LogP contribution in [0, 0.1) is 23.7 Å². The zero-order valence-corrected chi connectivity index (χ0v) is 12.6. The van der Waals surface area contributed by atoms with Crippen LogP contribution in [-0.4, -0.2) is 17.0 Å². The Morgan fingerprint density at radius 2 is 1.79 bits per heavy atom. The summed E-state index contributed by atoms with van der Waals surface area (Å²) in [4.78, 5) is 24.3. The summed E-state index contributed by atoms with van der Waals surface area (Å²) in [5.41, 5.74) is 0.0756. The monoisotopic (exact) mass is 281 g/mol. The Morgan fingerprint density at radius 1 is 1.26 bits per heavy atom. The summed E-state index contributed by atoms with van der Waals surface area (Å²) >= 11 is 1.30. The molecule has 1 aromatic heterocycles. The van der Waals surface area contributed by atoms with Gasteiger partial charge in [0.15, 0.2) is 0 Å². The molecule has 1 aliphatic rings. The molecule has 4 nitrogen and oxygen atoms in total. The Labute approximate surface area is 116 Å². The number of aryl methyl sites for hydroxylation is 1. The van der Waals surface area contributed by atoms with Gasteiger partial charge in [0, 0.05) is 10.8 Å². The van der Waals surface area contributed by atoms with Crippen molar-refractivity contribution < 1.29 is 14.7 Å². The summed E-state index contributed by atoms with van der Waals surface area (Å²) < 4.78 is 0. The zero-order chi connectivity index (χ0) is 14.6. The quantitative estimate of drug-likeness (QED) is 0.892. The number of carboxylic acids is 1. The lowest BCUT2D eigenvalue weighted by Gasteiger charge is -2.05. The van der Waals surface area contributed by atoms with Crippen LogP contribution in [0.25, 0.3) is 0 Å². The van der Waals surface area contributed by atoms with E-state index in [1.807, 2.05) is 6.92 Å². The van der Waals surface area contributed by atoms with Crippen LogP contribution in [0.4, 0.5) is 5.00 Å².